The Morgan fingerprint density at radius 1 is 1.38 bits per heavy atom. The molecule has 112 valence electrons. The smallest absolute Gasteiger partial charge is 0.354 e. The van der Waals surface area contributed by atoms with E-state index in [1.165, 1.54) is 25.0 Å². The largest absolute Gasteiger partial charge is 0.461 e. The van der Waals surface area contributed by atoms with Crippen LogP contribution in [0.2, 0.25) is 0 Å². The van der Waals surface area contributed by atoms with Crippen LogP contribution in [0.15, 0.2) is 16.3 Å². The molecule has 1 atom stereocenters. The summed E-state index contributed by atoms with van der Waals surface area (Å²) in [5, 5.41) is -0.108. The number of carbonyl (C=O) groups is 2. The first-order valence-electron chi connectivity index (χ1n) is 6.40. The molecule has 2 rings (SSSR count). The summed E-state index contributed by atoms with van der Waals surface area (Å²) in [7, 11) is 3.65. The third-order valence-corrected chi connectivity index (χ3v) is 4.07. The van der Waals surface area contributed by atoms with Gasteiger partial charge in [-0.15, -0.1) is 0 Å². The highest BCUT2D eigenvalue weighted by Gasteiger charge is 2.35. The van der Waals surface area contributed by atoms with Crippen LogP contribution in [-0.4, -0.2) is 53.4 Å². The fourth-order valence-corrected chi connectivity index (χ4v) is 2.85. The highest BCUT2D eigenvalue weighted by Crippen LogP contribution is 2.41. The summed E-state index contributed by atoms with van der Waals surface area (Å²) in [5.41, 5.74) is 0.591. The van der Waals surface area contributed by atoms with Gasteiger partial charge in [0.05, 0.1) is 6.61 Å². The standard InChI is InChI=1S/C13H16N4O3S/c1-5-20-13(19)8-10(7(2)18)21-12-9(16-8)11(17(3)4)14-6-15-12/h6,10H,5H2,1-4H3. The van der Waals surface area contributed by atoms with E-state index in [2.05, 4.69) is 15.0 Å². The summed E-state index contributed by atoms with van der Waals surface area (Å²) in [6, 6.07) is 0. The maximum Gasteiger partial charge on any atom is 0.354 e. The van der Waals surface area contributed by atoms with Crippen molar-refractivity contribution in [1.29, 1.82) is 0 Å². The number of nitrogens with zero attached hydrogens (tertiary/aromatic N) is 4. The maximum absolute atomic E-state index is 12.0. The van der Waals surface area contributed by atoms with Crippen LogP contribution in [0.25, 0.3) is 0 Å². The van der Waals surface area contributed by atoms with E-state index >= 15 is 0 Å². The van der Waals surface area contributed by atoms with E-state index in [0.29, 0.717) is 16.5 Å². The van der Waals surface area contributed by atoms with E-state index in [9.17, 15) is 9.59 Å². The van der Waals surface area contributed by atoms with Crippen molar-refractivity contribution < 1.29 is 14.3 Å². The van der Waals surface area contributed by atoms with Crippen molar-refractivity contribution in [3.8, 4) is 0 Å². The Labute approximate surface area is 126 Å². The average molecular weight is 308 g/mol. The van der Waals surface area contributed by atoms with Crippen LogP contribution in [0, 0.1) is 0 Å². The summed E-state index contributed by atoms with van der Waals surface area (Å²) < 4.78 is 4.99. The second-order valence-electron chi connectivity index (χ2n) is 4.57. The van der Waals surface area contributed by atoms with Gasteiger partial charge in [0.1, 0.15) is 33.8 Å². The number of esters is 1. The number of ketones is 1. The number of hydrogen-bond donors (Lipinski definition) is 0. The summed E-state index contributed by atoms with van der Waals surface area (Å²) in [5.74, 6) is -0.150. The van der Waals surface area contributed by atoms with Crippen molar-refractivity contribution in [1.82, 2.24) is 9.97 Å². The number of thioether (sulfide) groups is 1. The Morgan fingerprint density at radius 2 is 2.10 bits per heavy atom. The SMILES string of the molecule is CCOC(=O)C1=Nc2c(ncnc2N(C)C)SC1C(C)=O. The van der Waals surface area contributed by atoms with Crippen LogP contribution in [0.3, 0.4) is 0 Å². The number of fused-ring (bicyclic) bond motifs is 1. The first-order chi connectivity index (χ1) is 9.95. The minimum Gasteiger partial charge on any atom is -0.461 e. The molecule has 1 unspecified atom stereocenters. The molecule has 1 aliphatic heterocycles. The average Bonchev–Trinajstić information content (AvgIpc) is 2.45. The normalized spacial score (nSPS) is 16.8. The topological polar surface area (TPSA) is 84.8 Å². The molecule has 0 fully saturated rings. The van der Waals surface area contributed by atoms with E-state index in [0.717, 1.165) is 0 Å². The Balaban J connectivity index is 2.55. The minimum absolute atomic E-state index is 0.0970. The van der Waals surface area contributed by atoms with Crippen LogP contribution in [0.5, 0.6) is 0 Å². The molecule has 2 heterocycles. The molecular formula is C13H16N4O3S. The van der Waals surface area contributed by atoms with Crippen LogP contribution in [-0.2, 0) is 14.3 Å². The maximum atomic E-state index is 12.0. The molecule has 8 heteroatoms. The number of ether oxygens (including phenoxy) is 1. The van der Waals surface area contributed by atoms with Crippen LogP contribution >= 0.6 is 11.8 Å². The lowest BCUT2D eigenvalue weighted by Gasteiger charge is -2.23. The molecule has 0 N–H and O–H groups in total. The predicted molar refractivity (Wildman–Crippen MR) is 80.4 cm³/mol. The highest BCUT2D eigenvalue weighted by molar-refractivity contribution is 8.01. The van der Waals surface area contributed by atoms with Gasteiger partial charge in [0.25, 0.3) is 0 Å². The quantitative estimate of drug-likeness (QED) is 0.611. The van der Waals surface area contributed by atoms with Crippen LogP contribution in [0.4, 0.5) is 11.5 Å². The molecule has 0 saturated carbocycles. The van der Waals surface area contributed by atoms with Gasteiger partial charge in [-0.05, 0) is 13.8 Å². The van der Waals surface area contributed by atoms with Crippen molar-refractivity contribution in [3.05, 3.63) is 6.33 Å². The van der Waals surface area contributed by atoms with Crippen LogP contribution in [0.1, 0.15) is 13.8 Å². The Hall–Kier alpha value is -1.96. The number of aromatic nitrogens is 2. The molecule has 0 radical (unpaired) electrons. The number of anilines is 1. The van der Waals surface area contributed by atoms with Gasteiger partial charge in [-0.3, -0.25) is 4.79 Å². The van der Waals surface area contributed by atoms with Crippen molar-refractivity contribution in [2.75, 3.05) is 25.6 Å². The zero-order valence-corrected chi connectivity index (χ0v) is 13.1. The summed E-state index contributed by atoms with van der Waals surface area (Å²) in [4.78, 5) is 38.2. The molecule has 0 spiro atoms. The first-order valence-corrected chi connectivity index (χ1v) is 7.28. The van der Waals surface area contributed by atoms with E-state index in [-0.39, 0.29) is 18.1 Å². The monoisotopic (exact) mass is 308 g/mol. The molecule has 0 aliphatic carbocycles. The lowest BCUT2D eigenvalue weighted by Crippen LogP contribution is -2.35. The van der Waals surface area contributed by atoms with Gasteiger partial charge in [0.15, 0.2) is 5.82 Å². The van der Waals surface area contributed by atoms with Gasteiger partial charge in [0, 0.05) is 14.1 Å². The Kier molecular flexibility index (Phi) is 4.56. The summed E-state index contributed by atoms with van der Waals surface area (Å²) in [6.45, 7) is 3.36. The van der Waals surface area contributed by atoms with Crippen molar-refractivity contribution in [3.63, 3.8) is 0 Å². The molecule has 1 aromatic rings. The third-order valence-electron chi connectivity index (χ3n) is 2.76. The van der Waals surface area contributed by atoms with Crippen molar-refractivity contribution >= 4 is 40.7 Å². The Morgan fingerprint density at radius 3 is 2.67 bits per heavy atom. The van der Waals surface area contributed by atoms with E-state index in [1.54, 1.807) is 11.8 Å². The lowest BCUT2D eigenvalue weighted by molar-refractivity contribution is -0.135. The Bertz CT molecular complexity index is 615. The number of hydrogen-bond acceptors (Lipinski definition) is 8. The first kappa shape index (κ1) is 15.4. The van der Waals surface area contributed by atoms with Crippen molar-refractivity contribution in [2.24, 2.45) is 4.99 Å². The lowest BCUT2D eigenvalue weighted by atomic mass is 10.2. The number of rotatable bonds is 4. The molecule has 0 saturated heterocycles. The molecule has 1 aliphatic rings. The van der Waals surface area contributed by atoms with Gasteiger partial charge in [-0.1, -0.05) is 11.8 Å². The molecule has 1 aromatic heterocycles. The van der Waals surface area contributed by atoms with E-state index in [1.807, 2.05) is 14.1 Å². The number of aliphatic imine (C=N–C) groups is 1. The van der Waals surface area contributed by atoms with Gasteiger partial charge in [-0.2, -0.15) is 0 Å². The van der Waals surface area contributed by atoms with Gasteiger partial charge < -0.3 is 9.64 Å². The summed E-state index contributed by atoms with van der Waals surface area (Å²) >= 11 is 1.20. The second kappa shape index (κ2) is 6.21. The number of Topliss-reactive ketones (excluding diaryl/α,β-unsaturated/α-hetero) is 1. The molecule has 7 nitrogen and oxygen atoms in total. The molecular weight excluding hydrogens is 292 g/mol. The second-order valence-corrected chi connectivity index (χ2v) is 5.67. The molecule has 21 heavy (non-hydrogen) atoms. The fourth-order valence-electron chi connectivity index (χ4n) is 1.85. The van der Waals surface area contributed by atoms with Crippen LogP contribution < -0.4 is 4.90 Å². The zero-order chi connectivity index (χ0) is 15.6. The highest BCUT2D eigenvalue weighted by atomic mass is 32.2. The minimum atomic E-state index is -0.693. The van der Waals surface area contributed by atoms with Crippen molar-refractivity contribution in [2.45, 2.75) is 24.1 Å². The van der Waals surface area contributed by atoms with E-state index < -0.39 is 11.2 Å². The van der Waals surface area contributed by atoms with Gasteiger partial charge in [-0.25, -0.2) is 19.8 Å². The summed E-state index contributed by atoms with van der Waals surface area (Å²) in [6.07, 6.45) is 1.42. The predicted octanol–water partition coefficient (Wildman–Crippen LogP) is 1.24. The third kappa shape index (κ3) is 3.05. The van der Waals surface area contributed by atoms with E-state index in [4.69, 9.17) is 4.74 Å². The molecule has 0 bridgehead atoms. The zero-order valence-electron chi connectivity index (χ0n) is 12.3. The number of carbonyl (C=O) groups excluding carboxylic acids is 2. The van der Waals surface area contributed by atoms with Gasteiger partial charge in [0.2, 0.25) is 0 Å². The molecule has 0 amide bonds. The van der Waals surface area contributed by atoms with Gasteiger partial charge >= 0.3 is 5.97 Å². The molecule has 0 aromatic carbocycles. The fraction of sp³-hybridized carbons (Fsp3) is 0.462.